The second kappa shape index (κ2) is 6.77. The maximum atomic E-state index is 12.8. The number of ether oxygens (including phenoxy) is 1. The molecule has 1 amide bonds. The summed E-state index contributed by atoms with van der Waals surface area (Å²) in [6.45, 7) is 9.04. The van der Waals surface area contributed by atoms with Crippen LogP contribution in [0.5, 0.6) is 0 Å². The van der Waals surface area contributed by atoms with Crippen molar-refractivity contribution in [2.24, 2.45) is 0 Å². The molecule has 1 aromatic heterocycles. The number of nitrogens with one attached hydrogen (secondary N) is 1. The third kappa shape index (κ3) is 3.77. The van der Waals surface area contributed by atoms with Gasteiger partial charge < -0.3 is 10.1 Å². The molecule has 144 valence electrons. The zero-order valence-corrected chi connectivity index (χ0v) is 16.4. The number of aromatic nitrogens is 2. The Kier molecular flexibility index (Phi) is 4.56. The lowest BCUT2D eigenvalue weighted by molar-refractivity contribution is -0.120. The van der Waals surface area contributed by atoms with E-state index in [2.05, 4.69) is 31.0 Å². The van der Waals surface area contributed by atoms with E-state index in [1.165, 1.54) is 0 Å². The van der Waals surface area contributed by atoms with E-state index in [4.69, 9.17) is 9.84 Å². The van der Waals surface area contributed by atoms with E-state index in [1.807, 2.05) is 41.1 Å². The molecule has 4 rings (SSSR count). The van der Waals surface area contributed by atoms with Crippen LogP contribution in [0.2, 0.25) is 0 Å². The molecule has 0 bridgehead atoms. The number of amides is 1. The zero-order chi connectivity index (χ0) is 19.1. The van der Waals surface area contributed by atoms with Crippen molar-refractivity contribution in [2.75, 3.05) is 31.6 Å². The van der Waals surface area contributed by atoms with Gasteiger partial charge in [-0.3, -0.25) is 9.69 Å². The van der Waals surface area contributed by atoms with E-state index in [0.717, 1.165) is 37.4 Å². The number of para-hydroxylation sites is 1. The highest BCUT2D eigenvalue weighted by Crippen LogP contribution is 2.43. The monoisotopic (exact) mass is 368 g/mol. The Morgan fingerprint density at radius 2 is 2.00 bits per heavy atom. The smallest absolute Gasteiger partial charge is 0.239 e. The molecule has 2 fully saturated rings. The van der Waals surface area contributed by atoms with Crippen LogP contribution in [0.15, 0.2) is 36.4 Å². The lowest BCUT2D eigenvalue weighted by Gasteiger charge is -2.35. The summed E-state index contributed by atoms with van der Waals surface area (Å²) in [5.74, 6) is 0.718. The van der Waals surface area contributed by atoms with Gasteiger partial charge in [0, 0.05) is 23.6 Å². The number of anilines is 1. The van der Waals surface area contributed by atoms with Gasteiger partial charge in [0.25, 0.3) is 0 Å². The zero-order valence-electron chi connectivity index (χ0n) is 16.4. The van der Waals surface area contributed by atoms with Crippen LogP contribution in [-0.2, 0) is 14.9 Å². The molecule has 0 unspecified atom stereocenters. The van der Waals surface area contributed by atoms with Crippen molar-refractivity contribution in [3.8, 4) is 5.69 Å². The van der Waals surface area contributed by atoms with Crippen molar-refractivity contribution in [1.82, 2.24) is 14.7 Å². The van der Waals surface area contributed by atoms with Crippen molar-refractivity contribution in [3.63, 3.8) is 0 Å². The minimum absolute atomic E-state index is 0.000662. The first-order valence-electron chi connectivity index (χ1n) is 9.66. The lowest BCUT2D eigenvalue weighted by atomic mass is 9.92. The van der Waals surface area contributed by atoms with Crippen molar-refractivity contribution in [2.45, 2.75) is 44.6 Å². The number of carbonyl (C=O) groups is 1. The Balaban J connectivity index is 1.55. The molecule has 2 aromatic rings. The number of hydrogen-bond acceptors (Lipinski definition) is 4. The average molecular weight is 368 g/mol. The molecule has 1 aliphatic carbocycles. The van der Waals surface area contributed by atoms with Gasteiger partial charge in [-0.1, -0.05) is 39.0 Å². The Morgan fingerprint density at radius 1 is 1.26 bits per heavy atom. The first kappa shape index (κ1) is 18.2. The number of benzene rings is 1. The fourth-order valence-corrected chi connectivity index (χ4v) is 3.58. The molecule has 1 aromatic carbocycles. The van der Waals surface area contributed by atoms with Crippen LogP contribution in [0.4, 0.5) is 5.82 Å². The molecule has 6 nitrogen and oxygen atoms in total. The molecule has 27 heavy (non-hydrogen) atoms. The third-order valence-electron chi connectivity index (χ3n) is 5.45. The number of rotatable bonds is 4. The Bertz CT molecular complexity index is 818. The van der Waals surface area contributed by atoms with Gasteiger partial charge in [-0.05, 0) is 25.0 Å². The van der Waals surface area contributed by atoms with Crippen molar-refractivity contribution < 1.29 is 9.53 Å². The van der Waals surface area contributed by atoms with Gasteiger partial charge in [-0.25, -0.2) is 4.68 Å². The van der Waals surface area contributed by atoms with E-state index in [9.17, 15) is 4.79 Å². The Morgan fingerprint density at radius 3 is 2.67 bits per heavy atom. The van der Waals surface area contributed by atoms with Crippen LogP contribution in [0.1, 0.15) is 39.3 Å². The van der Waals surface area contributed by atoms with E-state index < -0.39 is 0 Å². The summed E-state index contributed by atoms with van der Waals surface area (Å²) in [6.07, 6.45) is 2.24. The van der Waals surface area contributed by atoms with Crippen LogP contribution < -0.4 is 5.32 Å². The summed E-state index contributed by atoms with van der Waals surface area (Å²) in [4.78, 5) is 15.1. The van der Waals surface area contributed by atoms with Crippen LogP contribution in [0, 0.1) is 0 Å². The van der Waals surface area contributed by atoms with Crippen molar-refractivity contribution in [3.05, 3.63) is 42.1 Å². The van der Waals surface area contributed by atoms with Gasteiger partial charge in [0.05, 0.1) is 31.1 Å². The lowest BCUT2D eigenvalue weighted by Crippen LogP contribution is -2.50. The first-order valence-corrected chi connectivity index (χ1v) is 9.66. The highest BCUT2D eigenvalue weighted by Gasteiger charge is 2.50. The molecular weight excluding hydrogens is 340 g/mol. The molecule has 0 radical (unpaired) electrons. The summed E-state index contributed by atoms with van der Waals surface area (Å²) >= 11 is 0. The Labute approximate surface area is 160 Å². The molecular formula is C21H28N4O2. The molecule has 1 saturated carbocycles. The highest BCUT2D eigenvalue weighted by molar-refractivity contribution is 5.92. The molecule has 1 N–H and O–H groups in total. The van der Waals surface area contributed by atoms with Crippen LogP contribution in [0.3, 0.4) is 0 Å². The SMILES string of the molecule is CC(C)(C)c1cc(NC(=O)CN2CCOCC23CC3)n(-c2ccccc2)n1. The van der Waals surface area contributed by atoms with Gasteiger partial charge in [0.2, 0.25) is 5.91 Å². The summed E-state index contributed by atoms with van der Waals surface area (Å²) in [7, 11) is 0. The molecule has 1 saturated heterocycles. The Hall–Kier alpha value is -2.18. The standard InChI is InChI=1S/C21H28N4O2/c1-20(2,3)17-13-18(25(23-17)16-7-5-4-6-8-16)22-19(26)14-24-11-12-27-15-21(24)9-10-21/h4-8,13H,9-12,14-15H2,1-3H3,(H,22,26). The second-order valence-corrected chi connectivity index (χ2v) is 8.66. The summed E-state index contributed by atoms with van der Waals surface area (Å²) in [5.41, 5.74) is 1.90. The van der Waals surface area contributed by atoms with Gasteiger partial charge in [0.15, 0.2) is 0 Å². The highest BCUT2D eigenvalue weighted by atomic mass is 16.5. The fraction of sp³-hybridized carbons (Fsp3) is 0.524. The summed E-state index contributed by atoms with van der Waals surface area (Å²) < 4.78 is 7.43. The van der Waals surface area contributed by atoms with Crippen molar-refractivity contribution in [1.29, 1.82) is 0 Å². The quantitative estimate of drug-likeness (QED) is 0.901. The minimum atomic E-state index is -0.0954. The fourth-order valence-electron chi connectivity index (χ4n) is 3.58. The summed E-state index contributed by atoms with van der Waals surface area (Å²) in [6, 6.07) is 11.9. The second-order valence-electron chi connectivity index (χ2n) is 8.66. The van der Waals surface area contributed by atoms with E-state index in [-0.39, 0.29) is 16.9 Å². The minimum Gasteiger partial charge on any atom is -0.378 e. The van der Waals surface area contributed by atoms with Crippen LogP contribution >= 0.6 is 0 Å². The van der Waals surface area contributed by atoms with Crippen LogP contribution in [-0.4, -0.2) is 52.4 Å². The number of hydrogen-bond donors (Lipinski definition) is 1. The summed E-state index contributed by atoms with van der Waals surface area (Å²) in [5, 5.41) is 7.85. The van der Waals surface area contributed by atoms with Crippen LogP contribution in [0.25, 0.3) is 5.69 Å². The van der Waals surface area contributed by atoms with Gasteiger partial charge in [0.1, 0.15) is 5.82 Å². The first-order chi connectivity index (χ1) is 12.9. The topological polar surface area (TPSA) is 59.4 Å². The number of morpholine rings is 1. The predicted molar refractivity (Wildman–Crippen MR) is 105 cm³/mol. The number of carbonyl (C=O) groups excluding carboxylic acids is 1. The van der Waals surface area contributed by atoms with Gasteiger partial charge in [-0.2, -0.15) is 5.10 Å². The molecule has 1 spiro atoms. The van der Waals surface area contributed by atoms with Gasteiger partial charge >= 0.3 is 0 Å². The number of nitrogens with zero attached hydrogens (tertiary/aromatic N) is 3. The third-order valence-corrected chi connectivity index (χ3v) is 5.45. The average Bonchev–Trinajstić information content (AvgIpc) is 3.26. The van der Waals surface area contributed by atoms with E-state index in [0.29, 0.717) is 19.0 Å². The molecule has 1 aliphatic heterocycles. The molecule has 0 atom stereocenters. The predicted octanol–water partition coefficient (Wildman–Crippen LogP) is 2.97. The van der Waals surface area contributed by atoms with E-state index >= 15 is 0 Å². The van der Waals surface area contributed by atoms with Gasteiger partial charge in [-0.15, -0.1) is 0 Å². The van der Waals surface area contributed by atoms with Crippen molar-refractivity contribution >= 4 is 11.7 Å². The maximum absolute atomic E-state index is 12.8. The maximum Gasteiger partial charge on any atom is 0.239 e. The molecule has 6 heteroatoms. The van der Waals surface area contributed by atoms with E-state index in [1.54, 1.807) is 0 Å². The largest absolute Gasteiger partial charge is 0.378 e. The molecule has 2 aliphatic rings. The normalized spacial score (nSPS) is 19.2. The molecule has 2 heterocycles.